The lowest BCUT2D eigenvalue weighted by Gasteiger charge is -2.05. The Morgan fingerprint density at radius 3 is 2.79 bits per heavy atom. The first kappa shape index (κ1) is 14.7. The number of hydrogen-bond donors (Lipinski definition) is 0. The molecule has 0 fully saturated rings. The molecule has 0 aliphatic carbocycles. The number of nitrogens with zero attached hydrogens (tertiary/aromatic N) is 1. The van der Waals surface area contributed by atoms with Gasteiger partial charge in [0.15, 0.2) is 0 Å². The van der Waals surface area contributed by atoms with Crippen LogP contribution in [0.4, 0.5) is 0 Å². The molecule has 100 valence electrons. The van der Waals surface area contributed by atoms with Crippen LogP contribution in [-0.4, -0.2) is 4.57 Å². The summed E-state index contributed by atoms with van der Waals surface area (Å²) in [5.74, 6) is 0. The monoisotopic (exact) mass is 333 g/mol. The summed E-state index contributed by atoms with van der Waals surface area (Å²) in [6.07, 6.45) is 1.58. The summed E-state index contributed by atoms with van der Waals surface area (Å²) < 4.78 is 1.82. The Morgan fingerprint density at radius 2 is 2.16 bits per heavy atom. The highest BCUT2D eigenvalue weighted by molar-refractivity contribution is 7.10. The minimum absolute atomic E-state index is 0.0432. The molecule has 6 heteroatoms. The summed E-state index contributed by atoms with van der Waals surface area (Å²) in [5, 5.41) is 0.655. The summed E-state index contributed by atoms with van der Waals surface area (Å²) in [4.78, 5) is 12.7. The first-order valence-corrected chi connectivity index (χ1v) is 7.40. The van der Waals surface area contributed by atoms with E-state index < -0.39 is 0 Å². The molecule has 0 unspecified atom stereocenters. The van der Waals surface area contributed by atoms with Crippen molar-refractivity contribution >= 4 is 52.2 Å². The van der Waals surface area contributed by atoms with Gasteiger partial charge < -0.3 is 0 Å². The number of halogens is 3. The normalized spacial score (nSPS) is 10.5. The fourth-order valence-corrected chi connectivity index (χ4v) is 3.22. The van der Waals surface area contributed by atoms with Crippen LogP contribution in [0.3, 0.4) is 0 Å². The predicted molar refractivity (Wildman–Crippen MR) is 83.6 cm³/mol. The van der Waals surface area contributed by atoms with Crippen LogP contribution in [0.15, 0.2) is 33.6 Å². The molecule has 0 radical (unpaired) electrons. The van der Waals surface area contributed by atoms with Crippen LogP contribution in [0.1, 0.15) is 16.1 Å². The topological polar surface area (TPSA) is 22.0 Å². The van der Waals surface area contributed by atoms with E-state index in [2.05, 4.69) is 0 Å². The lowest BCUT2D eigenvalue weighted by Crippen LogP contribution is -2.15. The molecule has 2 rings (SSSR count). The van der Waals surface area contributed by atoms with Gasteiger partial charge in [-0.05, 0) is 30.7 Å². The quantitative estimate of drug-likeness (QED) is 0.797. The molecule has 0 aliphatic rings. The van der Waals surface area contributed by atoms with Gasteiger partial charge in [-0.2, -0.15) is 0 Å². The molecular formula is C13H10Cl3NOS. The van der Waals surface area contributed by atoms with E-state index in [-0.39, 0.29) is 9.36 Å². The van der Waals surface area contributed by atoms with E-state index in [1.54, 1.807) is 16.7 Å². The molecular weight excluding hydrogens is 325 g/mol. The van der Waals surface area contributed by atoms with Gasteiger partial charge in [0.05, 0.1) is 11.4 Å². The van der Waals surface area contributed by atoms with Gasteiger partial charge in [-0.3, -0.25) is 9.36 Å². The van der Waals surface area contributed by atoms with Gasteiger partial charge in [-0.1, -0.05) is 58.3 Å². The second-order valence-corrected chi connectivity index (χ2v) is 6.41. The summed E-state index contributed by atoms with van der Waals surface area (Å²) in [5.41, 5.74) is 1.82. The fraction of sp³-hybridized carbons (Fsp3) is 0.154. The third-order valence-electron chi connectivity index (χ3n) is 2.65. The minimum Gasteiger partial charge on any atom is -0.298 e. The number of aromatic nitrogens is 1. The smallest absolute Gasteiger partial charge is 0.298 e. The van der Waals surface area contributed by atoms with E-state index in [9.17, 15) is 4.79 Å². The van der Waals surface area contributed by atoms with Crippen molar-refractivity contribution < 1.29 is 0 Å². The Hall–Kier alpha value is -0.740. The van der Waals surface area contributed by atoms with Crippen LogP contribution in [0.25, 0.3) is 6.08 Å². The predicted octanol–water partition coefficient (Wildman–Crippen LogP) is 4.70. The Labute approximate surface area is 129 Å². The van der Waals surface area contributed by atoms with E-state index in [1.165, 1.54) is 0 Å². The zero-order valence-corrected chi connectivity index (χ0v) is 13.1. The van der Waals surface area contributed by atoms with Crippen LogP contribution in [0.2, 0.25) is 5.02 Å². The number of thiazole rings is 1. The Bertz CT molecular complexity index is 683. The van der Waals surface area contributed by atoms with Crippen LogP contribution in [-0.2, 0) is 6.54 Å². The highest BCUT2D eigenvalue weighted by Crippen LogP contribution is 2.21. The second-order valence-electron chi connectivity index (χ2n) is 3.97. The van der Waals surface area contributed by atoms with Crippen molar-refractivity contribution in [2.75, 3.05) is 0 Å². The maximum atomic E-state index is 12.0. The molecule has 1 heterocycles. The molecule has 1 aromatic carbocycles. The summed E-state index contributed by atoms with van der Waals surface area (Å²) in [6.45, 7) is 2.35. The number of hydrogen-bond acceptors (Lipinski definition) is 2. The molecule has 0 saturated carbocycles. The van der Waals surface area contributed by atoms with E-state index in [0.29, 0.717) is 11.6 Å². The van der Waals surface area contributed by atoms with Crippen molar-refractivity contribution in [2.24, 2.45) is 0 Å². The van der Waals surface area contributed by atoms with Crippen LogP contribution in [0, 0.1) is 6.92 Å². The Balaban J connectivity index is 2.39. The zero-order valence-electron chi connectivity index (χ0n) is 9.99. The first-order chi connectivity index (χ1) is 8.97. The van der Waals surface area contributed by atoms with Gasteiger partial charge >= 0.3 is 4.87 Å². The van der Waals surface area contributed by atoms with E-state index in [0.717, 1.165) is 27.5 Å². The minimum atomic E-state index is -0.0432. The Morgan fingerprint density at radius 1 is 1.42 bits per heavy atom. The maximum absolute atomic E-state index is 12.0. The molecule has 19 heavy (non-hydrogen) atoms. The summed E-state index contributed by atoms with van der Waals surface area (Å²) in [7, 11) is 0. The van der Waals surface area contributed by atoms with E-state index >= 15 is 0 Å². The van der Waals surface area contributed by atoms with Crippen LogP contribution >= 0.6 is 46.1 Å². The molecule has 1 aromatic heterocycles. The highest BCUT2D eigenvalue weighted by atomic mass is 35.5. The lowest BCUT2D eigenvalue weighted by molar-refractivity contribution is 0.754. The van der Waals surface area contributed by atoms with Crippen molar-refractivity contribution in [3.8, 4) is 0 Å². The molecule has 0 saturated heterocycles. The van der Waals surface area contributed by atoms with Gasteiger partial charge in [0, 0.05) is 10.7 Å². The standard InChI is InChI=1S/C13H10Cl3NOS/c1-8-11(6-12(15)16)19-13(18)17(8)7-9-3-2-4-10(14)5-9/h2-6H,7H2,1H3. The fourth-order valence-electron chi connectivity index (χ4n) is 1.73. The van der Waals surface area contributed by atoms with Crippen molar-refractivity contribution in [3.05, 3.63) is 59.6 Å². The molecule has 0 spiro atoms. The van der Waals surface area contributed by atoms with E-state index in [4.69, 9.17) is 34.8 Å². The molecule has 0 N–H and O–H groups in total. The first-order valence-electron chi connectivity index (χ1n) is 5.45. The van der Waals surface area contributed by atoms with Crippen molar-refractivity contribution in [1.29, 1.82) is 0 Å². The molecule has 0 aliphatic heterocycles. The molecule has 0 bridgehead atoms. The van der Waals surface area contributed by atoms with E-state index in [1.807, 2.05) is 25.1 Å². The summed E-state index contributed by atoms with van der Waals surface area (Å²) >= 11 is 18.3. The largest absolute Gasteiger partial charge is 0.308 e. The third kappa shape index (κ3) is 3.63. The van der Waals surface area contributed by atoms with Crippen LogP contribution < -0.4 is 4.87 Å². The van der Waals surface area contributed by atoms with Gasteiger partial charge in [0.1, 0.15) is 4.49 Å². The molecule has 2 nitrogen and oxygen atoms in total. The Kier molecular flexibility index (Phi) is 4.74. The van der Waals surface area contributed by atoms with Crippen molar-refractivity contribution in [2.45, 2.75) is 13.5 Å². The highest BCUT2D eigenvalue weighted by Gasteiger charge is 2.10. The average molecular weight is 335 g/mol. The van der Waals surface area contributed by atoms with Gasteiger partial charge in [0.25, 0.3) is 0 Å². The van der Waals surface area contributed by atoms with Crippen molar-refractivity contribution in [1.82, 2.24) is 4.57 Å². The average Bonchev–Trinajstić information content (AvgIpc) is 2.56. The second kappa shape index (κ2) is 6.14. The van der Waals surface area contributed by atoms with Crippen molar-refractivity contribution in [3.63, 3.8) is 0 Å². The van der Waals surface area contributed by atoms with Gasteiger partial charge in [0.2, 0.25) is 0 Å². The lowest BCUT2D eigenvalue weighted by atomic mass is 10.2. The zero-order chi connectivity index (χ0) is 14.0. The van der Waals surface area contributed by atoms with Gasteiger partial charge in [-0.25, -0.2) is 0 Å². The molecule has 0 amide bonds. The number of rotatable bonds is 3. The summed E-state index contributed by atoms with van der Waals surface area (Å²) in [6, 6.07) is 7.44. The number of benzene rings is 1. The molecule has 0 atom stereocenters. The van der Waals surface area contributed by atoms with Crippen LogP contribution in [0.5, 0.6) is 0 Å². The maximum Gasteiger partial charge on any atom is 0.308 e. The van der Waals surface area contributed by atoms with Gasteiger partial charge in [-0.15, -0.1) is 0 Å². The molecule has 2 aromatic rings. The SMILES string of the molecule is Cc1c(C=C(Cl)Cl)sc(=O)n1Cc1cccc(Cl)c1. The third-order valence-corrected chi connectivity index (χ3v) is 4.13.